The van der Waals surface area contributed by atoms with Crippen molar-refractivity contribution in [1.82, 2.24) is 9.97 Å². The highest BCUT2D eigenvalue weighted by Gasteiger charge is 2.04. The fourth-order valence-electron chi connectivity index (χ4n) is 2.11. The van der Waals surface area contributed by atoms with E-state index in [1.54, 1.807) is 0 Å². The summed E-state index contributed by atoms with van der Waals surface area (Å²) in [6, 6.07) is 8.10. The molecule has 5 heteroatoms. The number of nitrogens with one attached hydrogen (secondary N) is 2. The molecule has 2 aromatic rings. The molecule has 0 saturated heterocycles. The predicted molar refractivity (Wildman–Crippen MR) is 96.9 cm³/mol. The minimum absolute atomic E-state index is 0.619. The Kier molecular flexibility index (Phi) is 6.19. The predicted octanol–water partition coefficient (Wildman–Crippen LogP) is 5.20. The Labute approximate surface area is 140 Å². The van der Waals surface area contributed by atoms with Crippen LogP contribution in [0.5, 0.6) is 0 Å². The first-order valence-electron chi connectivity index (χ1n) is 7.71. The highest BCUT2D eigenvalue weighted by Crippen LogP contribution is 2.23. The van der Waals surface area contributed by atoms with Gasteiger partial charge in [0.1, 0.15) is 5.82 Å². The summed E-state index contributed by atoms with van der Waals surface area (Å²) in [5, 5.41) is 6.63. The third-order valence-electron chi connectivity index (χ3n) is 3.37. The topological polar surface area (TPSA) is 49.8 Å². The minimum Gasteiger partial charge on any atom is -0.370 e. The molecule has 0 saturated carbocycles. The Morgan fingerprint density at radius 2 is 1.91 bits per heavy atom. The van der Waals surface area contributed by atoms with E-state index < -0.39 is 0 Å². The fraction of sp³-hybridized carbons (Fsp3) is 0.412. The molecule has 1 aromatic carbocycles. The normalized spacial score (nSPS) is 10.5. The van der Waals surface area contributed by atoms with E-state index in [1.165, 1.54) is 18.4 Å². The number of anilines is 3. The highest BCUT2D eigenvalue weighted by molar-refractivity contribution is 9.10. The van der Waals surface area contributed by atoms with E-state index in [9.17, 15) is 0 Å². The Hall–Kier alpha value is -1.62. The van der Waals surface area contributed by atoms with Crippen LogP contribution in [0.1, 0.15) is 37.4 Å². The van der Waals surface area contributed by atoms with Gasteiger partial charge in [-0.2, -0.15) is 4.98 Å². The van der Waals surface area contributed by atoms with Crippen LogP contribution in [0.2, 0.25) is 0 Å². The lowest BCUT2D eigenvalue weighted by molar-refractivity contribution is 0.742. The maximum absolute atomic E-state index is 4.53. The molecule has 0 bridgehead atoms. The Morgan fingerprint density at radius 1 is 1.09 bits per heavy atom. The third kappa shape index (κ3) is 4.98. The molecule has 0 spiro atoms. The maximum Gasteiger partial charge on any atom is 0.229 e. The van der Waals surface area contributed by atoms with Crippen LogP contribution < -0.4 is 10.6 Å². The Balaban J connectivity index is 2.06. The van der Waals surface area contributed by atoms with E-state index in [0.29, 0.717) is 5.95 Å². The SMILES string of the molecule is CCCCCNc1cc(C)nc(Nc2ccc(C)c(Br)c2)n1. The first-order chi connectivity index (χ1) is 10.6. The lowest BCUT2D eigenvalue weighted by atomic mass is 10.2. The van der Waals surface area contributed by atoms with Crippen LogP contribution in [0.3, 0.4) is 0 Å². The number of rotatable bonds is 7. The molecule has 2 N–H and O–H groups in total. The van der Waals surface area contributed by atoms with Gasteiger partial charge < -0.3 is 10.6 Å². The van der Waals surface area contributed by atoms with Gasteiger partial charge in [-0.1, -0.05) is 41.8 Å². The average molecular weight is 363 g/mol. The van der Waals surface area contributed by atoms with E-state index in [2.05, 4.69) is 56.4 Å². The standard InChI is InChI=1S/C17H23BrN4/c1-4-5-6-9-19-16-10-13(3)20-17(22-16)21-14-8-7-12(2)15(18)11-14/h7-8,10-11H,4-6,9H2,1-3H3,(H2,19,20,21,22). The molecule has 1 heterocycles. The van der Waals surface area contributed by atoms with Crippen LogP contribution in [0.15, 0.2) is 28.7 Å². The van der Waals surface area contributed by atoms with Crippen molar-refractivity contribution in [2.75, 3.05) is 17.2 Å². The van der Waals surface area contributed by atoms with Crippen molar-refractivity contribution in [3.8, 4) is 0 Å². The summed E-state index contributed by atoms with van der Waals surface area (Å²) >= 11 is 3.54. The van der Waals surface area contributed by atoms with Crippen LogP contribution in [0.4, 0.5) is 17.5 Å². The molecule has 22 heavy (non-hydrogen) atoms. The molecule has 2 rings (SSSR count). The molecule has 4 nitrogen and oxygen atoms in total. The molecule has 0 unspecified atom stereocenters. The molecular formula is C17H23BrN4. The number of unbranched alkanes of at least 4 members (excludes halogenated alkanes) is 2. The summed E-state index contributed by atoms with van der Waals surface area (Å²) in [5.41, 5.74) is 3.12. The van der Waals surface area contributed by atoms with Gasteiger partial charge in [-0.25, -0.2) is 4.98 Å². The van der Waals surface area contributed by atoms with Crippen molar-refractivity contribution in [2.24, 2.45) is 0 Å². The average Bonchev–Trinajstić information content (AvgIpc) is 2.47. The molecule has 0 radical (unpaired) electrons. The lowest BCUT2D eigenvalue weighted by Gasteiger charge is -2.10. The van der Waals surface area contributed by atoms with Crippen LogP contribution in [0.25, 0.3) is 0 Å². The number of hydrogen-bond donors (Lipinski definition) is 2. The van der Waals surface area contributed by atoms with Crippen molar-refractivity contribution in [2.45, 2.75) is 40.0 Å². The van der Waals surface area contributed by atoms with E-state index in [4.69, 9.17) is 0 Å². The van der Waals surface area contributed by atoms with E-state index in [0.717, 1.165) is 34.6 Å². The number of aryl methyl sites for hydroxylation is 2. The van der Waals surface area contributed by atoms with Gasteiger partial charge >= 0.3 is 0 Å². The second kappa shape index (κ2) is 8.13. The smallest absolute Gasteiger partial charge is 0.229 e. The summed E-state index contributed by atoms with van der Waals surface area (Å²) in [4.78, 5) is 8.98. The van der Waals surface area contributed by atoms with Crippen LogP contribution in [-0.2, 0) is 0 Å². The summed E-state index contributed by atoms with van der Waals surface area (Å²) < 4.78 is 1.07. The van der Waals surface area contributed by atoms with Crippen LogP contribution in [0, 0.1) is 13.8 Å². The maximum atomic E-state index is 4.53. The second-order valence-electron chi connectivity index (χ2n) is 5.44. The molecule has 0 amide bonds. The van der Waals surface area contributed by atoms with E-state index in [-0.39, 0.29) is 0 Å². The largest absolute Gasteiger partial charge is 0.370 e. The van der Waals surface area contributed by atoms with Gasteiger partial charge in [-0.3, -0.25) is 0 Å². The Bertz CT molecular complexity index is 628. The highest BCUT2D eigenvalue weighted by atomic mass is 79.9. The Morgan fingerprint density at radius 3 is 2.64 bits per heavy atom. The summed E-state index contributed by atoms with van der Waals surface area (Å²) in [6.07, 6.45) is 3.62. The summed E-state index contributed by atoms with van der Waals surface area (Å²) in [5.74, 6) is 1.49. The zero-order valence-electron chi connectivity index (χ0n) is 13.4. The first-order valence-corrected chi connectivity index (χ1v) is 8.50. The molecule has 118 valence electrons. The van der Waals surface area contributed by atoms with Gasteiger partial charge in [0.05, 0.1) is 0 Å². The zero-order chi connectivity index (χ0) is 15.9. The lowest BCUT2D eigenvalue weighted by Crippen LogP contribution is -2.06. The van der Waals surface area contributed by atoms with Gasteiger partial charge in [0.25, 0.3) is 0 Å². The first kappa shape index (κ1) is 16.7. The van der Waals surface area contributed by atoms with Gasteiger partial charge in [0, 0.05) is 28.5 Å². The summed E-state index contributed by atoms with van der Waals surface area (Å²) in [6.45, 7) is 7.20. The van der Waals surface area contributed by atoms with Crippen LogP contribution in [-0.4, -0.2) is 16.5 Å². The molecular weight excluding hydrogens is 340 g/mol. The molecule has 0 aliphatic rings. The van der Waals surface area contributed by atoms with Crippen molar-refractivity contribution < 1.29 is 0 Å². The van der Waals surface area contributed by atoms with Crippen LogP contribution >= 0.6 is 15.9 Å². The molecule has 1 aromatic heterocycles. The molecule has 0 fully saturated rings. The van der Waals surface area contributed by atoms with Gasteiger partial charge in [0.2, 0.25) is 5.95 Å². The van der Waals surface area contributed by atoms with Crippen molar-refractivity contribution in [3.05, 3.63) is 40.0 Å². The number of halogens is 1. The van der Waals surface area contributed by atoms with Gasteiger partial charge in [0.15, 0.2) is 0 Å². The quantitative estimate of drug-likeness (QED) is 0.664. The van der Waals surface area contributed by atoms with Crippen molar-refractivity contribution >= 4 is 33.4 Å². The molecule has 0 aliphatic heterocycles. The van der Waals surface area contributed by atoms with Crippen molar-refractivity contribution in [1.29, 1.82) is 0 Å². The van der Waals surface area contributed by atoms with Crippen molar-refractivity contribution in [3.63, 3.8) is 0 Å². The van der Waals surface area contributed by atoms with Gasteiger partial charge in [-0.15, -0.1) is 0 Å². The number of benzene rings is 1. The zero-order valence-corrected chi connectivity index (χ0v) is 15.0. The number of nitrogens with zero attached hydrogens (tertiary/aromatic N) is 2. The van der Waals surface area contributed by atoms with E-state index >= 15 is 0 Å². The van der Waals surface area contributed by atoms with Gasteiger partial charge in [-0.05, 0) is 38.0 Å². The number of aromatic nitrogens is 2. The summed E-state index contributed by atoms with van der Waals surface area (Å²) in [7, 11) is 0. The number of hydrogen-bond acceptors (Lipinski definition) is 4. The molecule has 0 aliphatic carbocycles. The monoisotopic (exact) mass is 362 g/mol. The minimum atomic E-state index is 0.619. The second-order valence-corrected chi connectivity index (χ2v) is 6.30. The fourth-order valence-corrected chi connectivity index (χ4v) is 2.48. The third-order valence-corrected chi connectivity index (χ3v) is 4.22. The van der Waals surface area contributed by atoms with E-state index in [1.807, 2.05) is 25.1 Å². The molecule has 0 atom stereocenters.